The van der Waals surface area contributed by atoms with Gasteiger partial charge in [-0.15, -0.1) is 0 Å². The molecule has 4 N–H and O–H groups in total. The Morgan fingerprint density at radius 2 is 2.13 bits per heavy atom. The fraction of sp³-hybridized carbons (Fsp3) is 0.200. The highest BCUT2D eigenvalue weighted by atomic mass is 19.1. The Balaban J connectivity index is 1.64. The monoisotopic (exact) mass is 320 g/mol. The van der Waals surface area contributed by atoms with Gasteiger partial charge in [0, 0.05) is 13.0 Å². The molecule has 23 heavy (non-hydrogen) atoms. The number of aliphatic imine (C=N–C) groups is 1. The lowest BCUT2D eigenvalue weighted by atomic mass is 10.1. The Kier molecular flexibility index (Phi) is 3.96. The highest BCUT2D eigenvalue weighted by Crippen LogP contribution is 2.27. The van der Waals surface area contributed by atoms with Crippen LogP contribution in [-0.2, 0) is 0 Å². The first-order valence-electron chi connectivity index (χ1n) is 6.95. The number of nitrogens with two attached hydrogens (primary N) is 1. The maximum absolute atomic E-state index is 13.8. The van der Waals surface area contributed by atoms with Crippen LogP contribution >= 0.6 is 0 Å². The number of anilines is 1. The smallest absolute Gasteiger partial charge is 0.254 e. The first kappa shape index (κ1) is 15.0. The Morgan fingerprint density at radius 1 is 1.35 bits per heavy atom. The summed E-state index contributed by atoms with van der Waals surface area (Å²) in [5.41, 5.74) is 6.05. The van der Waals surface area contributed by atoms with Crippen molar-refractivity contribution in [2.75, 3.05) is 11.9 Å². The van der Waals surface area contributed by atoms with E-state index in [4.69, 9.17) is 10.2 Å². The van der Waals surface area contributed by atoms with Crippen LogP contribution in [0.3, 0.4) is 0 Å². The first-order chi connectivity index (χ1) is 11.1. The van der Waals surface area contributed by atoms with Crippen molar-refractivity contribution in [1.82, 2.24) is 5.32 Å². The number of carbonyl (C=O) groups excluding carboxylic acids is 1. The van der Waals surface area contributed by atoms with Crippen LogP contribution in [0.15, 0.2) is 40.1 Å². The largest absolute Gasteiger partial charge is 0.472 e. The number of amides is 1. The summed E-state index contributed by atoms with van der Waals surface area (Å²) in [6.07, 6.45) is 2.54. The number of nitrogens with one attached hydrogen (secondary N) is 2. The van der Waals surface area contributed by atoms with Gasteiger partial charge in [-0.05, 0) is 18.2 Å². The van der Waals surface area contributed by atoms with Crippen molar-refractivity contribution in [3.05, 3.63) is 53.5 Å². The van der Waals surface area contributed by atoms with Crippen molar-refractivity contribution < 1.29 is 18.0 Å². The van der Waals surface area contributed by atoms with Gasteiger partial charge in [0.1, 0.15) is 29.9 Å². The molecular formula is C15H14F2N4O2. The molecule has 1 aliphatic rings. The molecule has 3 rings (SSSR count). The molecule has 0 saturated heterocycles. The summed E-state index contributed by atoms with van der Waals surface area (Å²) in [4.78, 5) is 15.8. The molecule has 1 aliphatic heterocycles. The van der Waals surface area contributed by atoms with Crippen LogP contribution in [0.5, 0.6) is 0 Å². The van der Waals surface area contributed by atoms with Crippen molar-refractivity contribution in [3.8, 4) is 0 Å². The average molecular weight is 320 g/mol. The summed E-state index contributed by atoms with van der Waals surface area (Å²) >= 11 is 0. The third-order valence-electron chi connectivity index (χ3n) is 3.45. The molecule has 2 heterocycles. The van der Waals surface area contributed by atoms with Gasteiger partial charge >= 0.3 is 0 Å². The maximum atomic E-state index is 13.8. The second kappa shape index (κ2) is 6.07. The van der Waals surface area contributed by atoms with E-state index >= 15 is 0 Å². The van der Waals surface area contributed by atoms with Crippen LogP contribution in [0.25, 0.3) is 0 Å². The third-order valence-corrected chi connectivity index (χ3v) is 3.45. The van der Waals surface area contributed by atoms with Gasteiger partial charge in [-0.25, -0.2) is 13.8 Å². The highest BCUT2D eigenvalue weighted by molar-refractivity contribution is 6.04. The average Bonchev–Trinajstić information content (AvgIpc) is 3.05. The lowest BCUT2D eigenvalue weighted by Crippen LogP contribution is -2.34. The van der Waals surface area contributed by atoms with Crippen LogP contribution < -0.4 is 16.4 Å². The zero-order valence-corrected chi connectivity index (χ0v) is 12.0. The third kappa shape index (κ3) is 3.01. The molecule has 0 radical (unpaired) electrons. The van der Waals surface area contributed by atoms with Crippen LogP contribution in [0.2, 0.25) is 0 Å². The van der Waals surface area contributed by atoms with Gasteiger partial charge in [0.2, 0.25) is 0 Å². The van der Waals surface area contributed by atoms with Crippen molar-refractivity contribution in [2.24, 2.45) is 10.7 Å². The lowest BCUT2D eigenvalue weighted by molar-refractivity contribution is 0.0952. The van der Waals surface area contributed by atoms with Gasteiger partial charge in [-0.1, -0.05) is 0 Å². The number of benzene rings is 1. The van der Waals surface area contributed by atoms with Gasteiger partial charge in [0.25, 0.3) is 5.91 Å². The van der Waals surface area contributed by atoms with E-state index in [1.165, 1.54) is 12.5 Å². The van der Waals surface area contributed by atoms with Crippen LogP contribution in [0.1, 0.15) is 22.3 Å². The van der Waals surface area contributed by atoms with Gasteiger partial charge in [-0.2, -0.15) is 0 Å². The quantitative estimate of drug-likeness (QED) is 0.801. The number of hydrogen-bond donors (Lipinski definition) is 3. The summed E-state index contributed by atoms with van der Waals surface area (Å²) in [7, 11) is 0. The number of amidine groups is 1. The molecule has 1 amide bonds. The van der Waals surface area contributed by atoms with E-state index in [9.17, 15) is 13.6 Å². The normalized spacial score (nSPS) is 16.3. The maximum Gasteiger partial charge on any atom is 0.254 e. The number of furan rings is 1. The minimum Gasteiger partial charge on any atom is -0.472 e. The van der Waals surface area contributed by atoms with E-state index in [2.05, 4.69) is 15.6 Å². The van der Waals surface area contributed by atoms with E-state index in [1.807, 2.05) is 0 Å². The Labute approximate surface area is 130 Å². The fourth-order valence-electron chi connectivity index (χ4n) is 2.33. The van der Waals surface area contributed by atoms with Gasteiger partial charge in [0.15, 0.2) is 0 Å². The van der Waals surface area contributed by atoms with E-state index in [1.54, 1.807) is 6.07 Å². The van der Waals surface area contributed by atoms with Crippen LogP contribution in [-0.4, -0.2) is 24.5 Å². The second-order valence-electron chi connectivity index (χ2n) is 5.01. The van der Waals surface area contributed by atoms with Crippen molar-refractivity contribution in [2.45, 2.75) is 12.6 Å². The number of hydrogen-bond acceptors (Lipinski definition) is 5. The number of halogens is 2. The van der Waals surface area contributed by atoms with Crippen LogP contribution in [0.4, 0.5) is 14.5 Å². The van der Waals surface area contributed by atoms with E-state index in [0.29, 0.717) is 12.0 Å². The molecule has 0 fully saturated rings. The molecule has 0 saturated carbocycles. The fourth-order valence-corrected chi connectivity index (χ4v) is 2.33. The number of fused-ring (bicyclic) bond motifs is 1. The molecule has 1 atom stereocenters. The zero-order chi connectivity index (χ0) is 16.4. The van der Waals surface area contributed by atoms with Gasteiger partial charge in [-0.3, -0.25) is 4.79 Å². The molecule has 1 unspecified atom stereocenters. The number of nitrogens with zero attached hydrogens (tertiary/aromatic N) is 1. The SMILES string of the molecule is NC1=NC(CCNC(=O)c2ccoc2)Nc2c(F)ccc(F)c21. The molecular weight excluding hydrogens is 306 g/mol. The Bertz CT molecular complexity index is 759. The summed E-state index contributed by atoms with van der Waals surface area (Å²) < 4.78 is 32.3. The van der Waals surface area contributed by atoms with Gasteiger partial charge < -0.3 is 20.8 Å². The molecule has 1 aromatic heterocycles. The van der Waals surface area contributed by atoms with E-state index in [-0.39, 0.29) is 29.5 Å². The molecule has 0 bridgehead atoms. The minimum atomic E-state index is -0.637. The molecule has 8 heteroatoms. The Hall–Kier alpha value is -2.90. The summed E-state index contributed by atoms with van der Waals surface area (Å²) in [5.74, 6) is -1.60. The standard InChI is InChI=1S/C15H14F2N4O2/c16-9-1-2-10(17)13-12(9)14(18)21-11(20-13)3-5-19-15(22)8-4-6-23-7-8/h1-2,4,6-7,11,20H,3,5H2,(H2,18,21)(H,19,22). The van der Waals surface area contributed by atoms with E-state index in [0.717, 1.165) is 12.1 Å². The van der Waals surface area contributed by atoms with Crippen molar-refractivity contribution >= 4 is 17.4 Å². The van der Waals surface area contributed by atoms with E-state index < -0.39 is 17.8 Å². The number of rotatable bonds is 4. The second-order valence-corrected chi connectivity index (χ2v) is 5.01. The molecule has 120 valence electrons. The zero-order valence-electron chi connectivity index (χ0n) is 12.0. The molecule has 0 aliphatic carbocycles. The predicted molar refractivity (Wildman–Crippen MR) is 80.2 cm³/mol. The highest BCUT2D eigenvalue weighted by Gasteiger charge is 2.24. The summed E-state index contributed by atoms with van der Waals surface area (Å²) in [6.45, 7) is 0.282. The van der Waals surface area contributed by atoms with Gasteiger partial charge in [0.05, 0.1) is 23.1 Å². The molecule has 6 nitrogen and oxygen atoms in total. The Morgan fingerprint density at radius 3 is 2.87 bits per heavy atom. The predicted octanol–water partition coefficient (Wildman–Crippen LogP) is 1.83. The summed E-state index contributed by atoms with van der Waals surface area (Å²) in [6, 6.07) is 3.57. The van der Waals surface area contributed by atoms with Crippen molar-refractivity contribution in [3.63, 3.8) is 0 Å². The topological polar surface area (TPSA) is 92.6 Å². The summed E-state index contributed by atoms with van der Waals surface area (Å²) in [5, 5.41) is 5.47. The lowest BCUT2D eigenvalue weighted by Gasteiger charge is -2.24. The van der Waals surface area contributed by atoms with Crippen molar-refractivity contribution in [1.29, 1.82) is 0 Å². The molecule has 0 spiro atoms. The first-order valence-corrected chi connectivity index (χ1v) is 6.95. The van der Waals surface area contributed by atoms with Crippen LogP contribution in [0, 0.1) is 11.6 Å². The molecule has 1 aromatic carbocycles. The minimum absolute atomic E-state index is 0.0105. The number of carbonyl (C=O) groups is 1. The molecule has 2 aromatic rings.